The number of unbranched alkanes of at least 4 members (excludes halogenated alkanes) is 3. The summed E-state index contributed by atoms with van der Waals surface area (Å²) in [6, 6.07) is 8.10. The van der Waals surface area contributed by atoms with Gasteiger partial charge in [0.25, 0.3) is 0 Å². The van der Waals surface area contributed by atoms with Crippen LogP contribution < -0.4 is 11.1 Å². The predicted octanol–water partition coefficient (Wildman–Crippen LogP) is 3.96. The molecule has 0 aromatic heterocycles. The number of nitrogens with one attached hydrogen (secondary N) is 1. The Bertz CT molecular complexity index is 303. The number of nitrogen functional groups attached to an aromatic ring is 1. The average Bonchev–Trinajstić information content (AvgIpc) is 2.34. The van der Waals surface area contributed by atoms with Crippen molar-refractivity contribution >= 4 is 5.69 Å². The average molecular weight is 248 g/mol. The van der Waals surface area contributed by atoms with Gasteiger partial charge in [0, 0.05) is 12.2 Å². The SMILES string of the molecule is CC(C)CCCCCCNCc1ccc(N)cc1. The Balaban J connectivity index is 1.94. The monoisotopic (exact) mass is 248 g/mol. The first-order valence-corrected chi connectivity index (χ1v) is 7.23. The fourth-order valence-corrected chi connectivity index (χ4v) is 2.02. The van der Waals surface area contributed by atoms with Gasteiger partial charge in [0.05, 0.1) is 0 Å². The maximum Gasteiger partial charge on any atom is 0.0314 e. The van der Waals surface area contributed by atoms with Crippen LogP contribution in [0.25, 0.3) is 0 Å². The van der Waals surface area contributed by atoms with Crippen LogP contribution in [-0.4, -0.2) is 6.54 Å². The van der Waals surface area contributed by atoms with Crippen LogP contribution in [0.15, 0.2) is 24.3 Å². The van der Waals surface area contributed by atoms with Crippen LogP contribution >= 0.6 is 0 Å². The Labute approximate surface area is 112 Å². The van der Waals surface area contributed by atoms with Crippen molar-refractivity contribution in [2.24, 2.45) is 5.92 Å². The molecule has 0 atom stereocenters. The Morgan fingerprint density at radius 1 is 1.00 bits per heavy atom. The second-order valence-corrected chi connectivity index (χ2v) is 5.52. The van der Waals surface area contributed by atoms with Crippen LogP contribution in [0, 0.1) is 5.92 Å². The van der Waals surface area contributed by atoms with Crippen LogP contribution in [0.1, 0.15) is 51.5 Å². The molecule has 2 heteroatoms. The van der Waals surface area contributed by atoms with Crippen molar-refractivity contribution in [3.63, 3.8) is 0 Å². The Morgan fingerprint density at radius 3 is 2.33 bits per heavy atom. The van der Waals surface area contributed by atoms with Gasteiger partial charge < -0.3 is 11.1 Å². The van der Waals surface area contributed by atoms with E-state index < -0.39 is 0 Å². The Hall–Kier alpha value is -1.02. The van der Waals surface area contributed by atoms with Crippen LogP contribution in [0.4, 0.5) is 5.69 Å². The quantitative estimate of drug-likeness (QED) is 0.512. The molecular formula is C16H28N2. The number of hydrogen-bond acceptors (Lipinski definition) is 2. The lowest BCUT2D eigenvalue weighted by molar-refractivity contribution is 0.512. The van der Waals surface area contributed by atoms with Gasteiger partial charge in [0.1, 0.15) is 0 Å². The van der Waals surface area contributed by atoms with Gasteiger partial charge in [-0.3, -0.25) is 0 Å². The first kappa shape index (κ1) is 15.0. The first-order valence-electron chi connectivity index (χ1n) is 7.23. The molecule has 2 nitrogen and oxygen atoms in total. The van der Waals surface area contributed by atoms with Crippen LogP contribution in [-0.2, 0) is 6.54 Å². The van der Waals surface area contributed by atoms with Gasteiger partial charge in [0.15, 0.2) is 0 Å². The van der Waals surface area contributed by atoms with E-state index in [4.69, 9.17) is 5.73 Å². The van der Waals surface area contributed by atoms with Crippen molar-refractivity contribution in [2.75, 3.05) is 12.3 Å². The second kappa shape index (κ2) is 8.98. The highest BCUT2D eigenvalue weighted by molar-refractivity contribution is 5.39. The van der Waals surface area contributed by atoms with Gasteiger partial charge in [-0.15, -0.1) is 0 Å². The smallest absolute Gasteiger partial charge is 0.0314 e. The molecule has 0 heterocycles. The molecule has 0 spiro atoms. The molecule has 0 bridgehead atoms. The van der Waals surface area contributed by atoms with Gasteiger partial charge in [0.2, 0.25) is 0 Å². The standard InChI is InChI=1S/C16H28N2/c1-14(2)7-5-3-4-6-12-18-13-15-8-10-16(17)11-9-15/h8-11,14,18H,3-7,12-13,17H2,1-2H3. The maximum absolute atomic E-state index is 5.65. The molecule has 0 unspecified atom stereocenters. The highest BCUT2D eigenvalue weighted by Crippen LogP contribution is 2.09. The number of rotatable bonds is 9. The summed E-state index contributed by atoms with van der Waals surface area (Å²) in [7, 11) is 0. The van der Waals surface area contributed by atoms with E-state index in [1.54, 1.807) is 0 Å². The first-order chi connectivity index (χ1) is 8.68. The zero-order chi connectivity index (χ0) is 13.2. The molecule has 1 rings (SSSR count). The van der Waals surface area contributed by atoms with E-state index >= 15 is 0 Å². The van der Waals surface area contributed by atoms with E-state index in [0.29, 0.717) is 0 Å². The van der Waals surface area contributed by atoms with Crippen molar-refractivity contribution in [2.45, 2.75) is 52.5 Å². The largest absolute Gasteiger partial charge is 0.399 e. The number of hydrogen-bond donors (Lipinski definition) is 2. The van der Waals surface area contributed by atoms with Gasteiger partial charge >= 0.3 is 0 Å². The molecular weight excluding hydrogens is 220 g/mol. The summed E-state index contributed by atoms with van der Waals surface area (Å²) in [6.07, 6.45) is 6.77. The molecule has 0 saturated carbocycles. The summed E-state index contributed by atoms with van der Waals surface area (Å²) in [5.41, 5.74) is 7.80. The molecule has 0 amide bonds. The van der Waals surface area contributed by atoms with E-state index in [1.807, 2.05) is 12.1 Å². The van der Waals surface area contributed by atoms with Crippen LogP contribution in [0.3, 0.4) is 0 Å². The fourth-order valence-electron chi connectivity index (χ4n) is 2.02. The number of nitrogens with two attached hydrogens (primary N) is 1. The van der Waals surface area contributed by atoms with Crippen molar-refractivity contribution in [1.29, 1.82) is 0 Å². The van der Waals surface area contributed by atoms with E-state index in [9.17, 15) is 0 Å². The minimum atomic E-state index is 0.837. The molecule has 0 fully saturated rings. The lowest BCUT2D eigenvalue weighted by atomic mass is 10.0. The van der Waals surface area contributed by atoms with E-state index in [0.717, 1.165) is 24.7 Å². The summed E-state index contributed by atoms with van der Waals surface area (Å²) in [4.78, 5) is 0. The van der Waals surface area contributed by atoms with Crippen molar-refractivity contribution in [3.8, 4) is 0 Å². The molecule has 0 aliphatic heterocycles. The minimum absolute atomic E-state index is 0.837. The molecule has 0 aliphatic carbocycles. The molecule has 0 saturated heterocycles. The summed E-state index contributed by atoms with van der Waals surface area (Å²) >= 11 is 0. The lowest BCUT2D eigenvalue weighted by Crippen LogP contribution is -2.14. The molecule has 1 aromatic carbocycles. The summed E-state index contributed by atoms with van der Waals surface area (Å²) in [5, 5.41) is 3.48. The summed E-state index contributed by atoms with van der Waals surface area (Å²) in [5.74, 6) is 0.855. The highest BCUT2D eigenvalue weighted by Gasteiger charge is 1.95. The molecule has 18 heavy (non-hydrogen) atoms. The van der Waals surface area contributed by atoms with Crippen molar-refractivity contribution in [1.82, 2.24) is 5.32 Å². The van der Waals surface area contributed by atoms with Gasteiger partial charge in [-0.1, -0.05) is 51.7 Å². The third kappa shape index (κ3) is 7.33. The second-order valence-electron chi connectivity index (χ2n) is 5.52. The highest BCUT2D eigenvalue weighted by atomic mass is 14.8. The number of anilines is 1. The summed E-state index contributed by atoms with van der Waals surface area (Å²) < 4.78 is 0. The Morgan fingerprint density at radius 2 is 1.67 bits per heavy atom. The van der Waals surface area contributed by atoms with E-state index in [1.165, 1.54) is 37.7 Å². The minimum Gasteiger partial charge on any atom is -0.399 e. The van der Waals surface area contributed by atoms with Gasteiger partial charge in [-0.25, -0.2) is 0 Å². The normalized spacial score (nSPS) is 11.1. The van der Waals surface area contributed by atoms with Crippen molar-refractivity contribution in [3.05, 3.63) is 29.8 Å². The third-order valence-corrected chi connectivity index (χ3v) is 3.19. The van der Waals surface area contributed by atoms with E-state index in [-0.39, 0.29) is 0 Å². The topological polar surface area (TPSA) is 38.0 Å². The summed E-state index contributed by atoms with van der Waals surface area (Å²) in [6.45, 7) is 6.67. The van der Waals surface area contributed by atoms with Crippen LogP contribution in [0.5, 0.6) is 0 Å². The molecule has 0 aliphatic rings. The maximum atomic E-state index is 5.65. The zero-order valence-corrected chi connectivity index (χ0v) is 11.9. The fraction of sp³-hybridized carbons (Fsp3) is 0.625. The third-order valence-electron chi connectivity index (χ3n) is 3.19. The zero-order valence-electron chi connectivity index (χ0n) is 11.9. The lowest BCUT2D eigenvalue weighted by Gasteiger charge is -2.06. The van der Waals surface area contributed by atoms with Gasteiger partial charge in [-0.2, -0.15) is 0 Å². The molecule has 1 aromatic rings. The van der Waals surface area contributed by atoms with E-state index in [2.05, 4.69) is 31.3 Å². The van der Waals surface area contributed by atoms with Crippen molar-refractivity contribution < 1.29 is 0 Å². The number of benzene rings is 1. The predicted molar refractivity (Wildman–Crippen MR) is 80.5 cm³/mol. The molecule has 102 valence electrons. The van der Waals surface area contributed by atoms with Gasteiger partial charge in [-0.05, 0) is 36.6 Å². The Kier molecular flexibility index (Phi) is 7.51. The van der Waals surface area contributed by atoms with Crippen LogP contribution in [0.2, 0.25) is 0 Å². The molecule has 3 N–H and O–H groups in total. The molecule has 0 radical (unpaired) electrons.